The second kappa shape index (κ2) is 7.67. The number of hydrogen-bond acceptors (Lipinski definition) is 7. The van der Waals surface area contributed by atoms with Crippen molar-refractivity contribution >= 4 is 23.2 Å². The third-order valence-corrected chi connectivity index (χ3v) is 4.89. The molecule has 2 aromatic carbocycles. The minimum atomic E-state index is -0.485. The molecule has 2 heterocycles. The highest BCUT2D eigenvalue weighted by molar-refractivity contribution is 6.28. The maximum atomic E-state index is 13.5. The number of hydrogen-bond donors (Lipinski definition) is 0. The van der Waals surface area contributed by atoms with Crippen molar-refractivity contribution in [3.05, 3.63) is 75.9 Å². The molecule has 158 valence electrons. The highest BCUT2D eigenvalue weighted by Crippen LogP contribution is 2.43. The molecule has 0 fully saturated rings. The maximum Gasteiger partial charge on any atom is 0.270 e. The van der Waals surface area contributed by atoms with E-state index in [2.05, 4.69) is 10.1 Å². The molecule has 0 spiro atoms. The summed E-state index contributed by atoms with van der Waals surface area (Å²) in [4.78, 5) is 28.1. The molecule has 1 aliphatic heterocycles. The summed E-state index contributed by atoms with van der Waals surface area (Å²) in [7, 11) is 1.52. The van der Waals surface area contributed by atoms with Crippen molar-refractivity contribution in [1.82, 2.24) is 14.8 Å². The Kier molecular flexibility index (Phi) is 5.02. The molecule has 1 aliphatic rings. The van der Waals surface area contributed by atoms with Gasteiger partial charge in [0.15, 0.2) is 11.5 Å². The molecule has 0 saturated heterocycles. The van der Waals surface area contributed by atoms with Crippen molar-refractivity contribution in [1.29, 1.82) is 0 Å². The Morgan fingerprint density at radius 1 is 1.32 bits per heavy atom. The largest absolute Gasteiger partial charge is 0.493 e. The van der Waals surface area contributed by atoms with Crippen LogP contribution in [0.4, 0.5) is 5.69 Å². The van der Waals surface area contributed by atoms with E-state index in [4.69, 9.17) is 9.47 Å². The summed E-state index contributed by atoms with van der Waals surface area (Å²) in [6, 6.07) is 9.43. The van der Waals surface area contributed by atoms with E-state index in [1.165, 1.54) is 36.6 Å². The predicted molar refractivity (Wildman–Crippen MR) is 113 cm³/mol. The van der Waals surface area contributed by atoms with Crippen molar-refractivity contribution in [3.63, 3.8) is 0 Å². The van der Waals surface area contributed by atoms with Gasteiger partial charge in [-0.15, -0.1) is 0 Å². The van der Waals surface area contributed by atoms with Gasteiger partial charge in [-0.3, -0.25) is 14.9 Å². The van der Waals surface area contributed by atoms with Gasteiger partial charge in [0.1, 0.15) is 24.0 Å². The number of non-ortho nitro benzene ring substituents is 1. The van der Waals surface area contributed by atoms with Crippen LogP contribution in [0.3, 0.4) is 0 Å². The van der Waals surface area contributed by atoms with Crippen molar-refractivity contribution < 1.29 is 19.2 Å². The molecule has 0 radical (unpaired) electrons. The summed E-state index contributed by atoms with van der Waals surface area (Å²) in [6.07, 6.45) is 4.89. The Morgan fingerprint density at radius 2 is 2.13 bits per heavy atom. The molecular formula is C22H20N4O5. The van der Waals surface area contributed by atoms with Gasteiger partial charge in [-0.25, -0.2) is 9.67 Å². The fraction of sp³-hybridized carbons (Fsp3) is 0.227. The van der Waals surface area contributed by atoms with Gasteiger partial charge in [-0.05, 0) is 37.6 Å². The molecule has 1 aromatic heterocycles. The zero-order chi connectivity index (χ0) is 22.2. The number of carbonyl (C=O) groups is 1. The lowest BCUT2D eigenvalue weighted by Crippen LogP contribution is -2.24. The van der Waals surface area contributed by atoms with Gasteiger partial charge in [0.05, 0.1) is 12.0 Å². The standard InChI is InChI=1S/C22H20N4O5/c1-22(2)11-16-9-15(10-19(30-3)21(16)31-22)20(27)18(25-13-23-12-24-25)8-14-5-4-6-17(7-14)26(28)29/h4-10,12-13H,11H2,1-3H3. The van der Waals surface area contributed by atoms with Crippen molar-refractivity contribution in [2.24, 2.45) is 0 Å². The van der Waals surface area contributed by atoms with Crippen LogP contribution in [0.15, 0.2) is 49.1 Å². The second-order valence-electron chi connectivity index (χ2n) is 7.76. The molecule has 0 saturated carbocycles. The highest BCUT2D eigenvalue weighted by atomic mass is 16.6. The zero-order valence-corrected chi connectivity index (χ0v) is 17.2. The third kappa shape index (κ3) is 4.02. The number of nitro groups is 1. The molecular weight excluding hydrogens is 400 g/mol. The topological polar surface area (TPSA) is 109 Å². The average molecular weight is 420 g/mol. The van der Waals surface area contributed by atoms with Crippen LogP contribution in [0.1, 0.15) is 35.3 Å². The van der Waals surface area contributed by atoms with E-state index in [0.29, 0.717) is 29.0 Å². The van der Waals surface area contributed by atoms with Gasteiger partial charge in [0.25, 0.3) is 5.69 Å². The van der Waals surface area contributed by atoms with E-state index in [1.807, 2.05) is 13.8 Å². The Hall–Kier alpha value is -4.01. The normalized spacial score (nSPS) is 14.6. The first-order valence-corrected chi connectivity index (χ1v) is 9.53. The van der Waals surface area contributed by atoms with E-state index >= 15 is 0 Å². The summed E-state index contributed by atoms with van der Waals surface area (Å²) in [5, 5.41) is 15.2. The average Bonchev–Trinajstić information content (AvgIpc) is 3.37. The van der Waals surface area contributed by atoms with Crippen LogP contribution in [-0.4, -0.2) is 38.2 Å². The number of allylic oxidation sites excluding steroid dienone is 1. The number of methoxy groups -OCH3 is 1. The minimum Gasteiger partial charge on any atom is -0.493 e. The lowest BCUT2D eigenvalue weighted by Gasteiger charge is -2.17. The van der Waals surface area contributed by atoms with Gasteiger partial charge in [-0.1, -0.05) is 12.1 Å². The summed E-state index contributed by atoms with van der Waals surface area (Å²) < 4.78 is 12.8. The van der Waals surface area contributed by atoms with Crippen molar-refractivity contribution in [3.8, 4) is 11.5 Å². The van der Waals surface area contributed by atoms with Crippen LogP contribution in [0.5, 0.6) is 11.5 Å². The number of ether oxygens (including phenoxy) is 2. The summed E-state index contributed by atoms with van der Waals surface area (Å²) in [5.74, 6) is 0.775. The zero-order valence-electron chi connectivity index (χ0n) is 17.2. The van der Waals surface area contributed by atoms with E-state index in [-0.39, 0.29) is 17.2 Å². The predicted octanol–water partition coefficient (Wildman–Crippen LogP) is 3.79. The smallest absolute Gasteiger partial charge is 0.270 e. The number of fused-ring (bicyclic) bond motifs is 1. The molecule has 9 nitrogen and oxygen atoms in total. The number of nitrogens with zero attached hydrogens (tertiary/aromatic N) is 4. The van der Waals surface area contributed by atoms with Crippen LogP contribution >= 0.6 is 0 Å². The van der Waals surface area contributed by atoms with Crippen LogP contribution < -0.4 is 9.47 Å². The van der Waals surface area contributed by atoms with Crippen LogP contribution in [0.25, 0.3) is 11.8 Å². The lowest BCUT2D eigenvalue weighted by atomic mass is 9.97. The first-order chi connectivity index (χ1) is 14.8. The Morgan fingerprint density at radius 3 is 2.81 bits per heavy atom. The van der Waals surface area contributed by atoms with E-state index in [0.717, 1.165) is 5.56 Å². The van der Waals surface area contributed by atoms with Gasteiger partial charge >= 0.3 is 0 Å². The SMILES string of the molecule is COc1cc(C(=O)C(=Cc2cccc([N+](=O)[O-])c2)n2cncn2)cc2c1OC(C)(C)C2. The Labute approximate surface area is 178 Å². The second-order valence-corrected chi connectivity index (χ2v) is 7.76. The quantitative estimate of drug-likeness (QED) is 0.258. The van der Waals surface area contributed by atoms with E-state index < -0.39 is 10.5 Å². The number of carbonyl (C=O) groups excluding carboxylic acids is 1. The van der Waals surface area contributed by atoms with Crippen LogP contribution in [0.2, 0.25) is 0 Å². The van der Waals surface area contributed by atoms with E-state index in [9.17, 15) is 14.9 Å². The number of nitro benzene ring substituents is 1. The number of benzene rings is 2. The fourth-order valence-corrected chi connectivity index (χ4v) is 3.56. The van der Waals surface area contributed by atoms with Gasteiger partial charge in [-0.2, -0.15) is 5.10 Å². The molecule has 0 atom stereocenters. The fourth-order valence-electron chi connectivity index (χ4n) is 3.56. The third-order valence-electron chi connectivity index (χ3n) is 4.89. The van der Waals surface area contributed by atoms with Crippen molar-refractivity contribution in [2.45, 2.75) is 25.9 Å². The number of ketones is 1. The van der Waals surface area contributed by atoms with Crippen molar-refractivity contribution in [2.75, 3.05) is 7.11 Å². The van der Waals surface area contributed by atoms with Crippen LogP contribution in [0, 0.1) is 10.1 Å². The van der Waals surface area contributed by atoms with Gasteiger partial charge in [0, 0.05) is 29.7 Å². The number of rotatable bonds is 6. The molecule has 3 aromatic rings. The van der Waals surface area contributed by atoms with Crippen LogP contribution in [-0.2, 0) is 6.42 Å². The number of aromatic nitrogens is 3. The monoisotopic (exact) mass is 420 g/mol. The molecule has 0 amide bonds. The number of Topliss-reactive ketones (excluding diaryl/α,β-unsaturated/α-hetero) is 1. The summed E-state index contributed by atoms with van der Waals surface area (Å²) in [6.45, 7) is 3.94. The lowest BCUT2D eigenvalue weighted by molar-refractivity contribution is -0.384. The van der Waals surface area contributed by atoms with Gasteiger partial charge < -0.3 is 9.47 Å². The first-order valence-electron chi connectivity index (χ1n) is 9.53. The van der Waals surface area contributed by atoms with Gasteiger partial charge in [0.2, 0.25) is 5.78 Å². The summed E-state index contributed by atoms with van der Waals surface area (Å²) in [5.41, 5.74) is 1.48. The van der Waals surface area contributed by atoms with E-state index in [1.54, 1.807) is 30.3 Å². The molecule has 0 unspecified atom stereocenters. The summed E-state index contributed by atoms with van der Waals surface area (Å²) >= 11 is 0. The Balaban J connectivity index is 1.80. The highest BCUT2D eigenvalue weighted by Gasteiger charge is 2.34. The molecule has 0 aliphatic carbocycles. The molecule has 0 N–H and O–H groups in total. The maximum absolute atomic E-state index is 13.5. The molecule has 31 heavy (non-hydrogen) atoms. The first kappa shape index (κ1) is 20.3. The Bertz CT molecular complexity index is 1200. The molecule has 4 rings (SSSR count). The molecule has 0 bridgehead atoms. The molecule has 9 heteroatoms. The minimum absolute atomic E-state index is 0.0716.